The van der Waals surface area contributed by atoms with Crippen LogP contribution < -0.4 is 5.32 Å². The smallest absolute Gasteiger partial charge is 0.326 e. The molecule has 94 valence electrons. The van der Waals surface area contributed by atoms with Gasteiger partial charge < -0.3 is 19.8 Å². The van der Waals surface area contributed by atoms with Crippen molar-refractivity contribution in [2.75, 3.05) is 7.05 Å². The largest absolute Gasteiger partial charge is 0.480 e. The molecule has 0 spiro atoms. The summed E-state index contributed by atoms with van der Waals surface area (Å²) in [6.07, 6.45) is 0. The number of urea groups is 1. The van der Waals surface area contributed by atoms with Gasteiger partial charge in [-0.25, -0.2) is 9.59 Å². The van der Waals surface area contributed by atoms with Crippen LogP contribution in [0.5, 0.6) is 0 Å². The van der Waals surface area contributed by atoms with Crippen molar-refractivity contribution in [3.63, 3.8) is 0 Å². The fourth-order valence-electron chi connectivity index (χ4n) is 1.13. The quantitative estimate of drug-likeness (QED) is 0.804. The SMILES string of the molecule is Cc1cc(CNC(=O)N(C)C(C)C(=O)O)on1. The summed E-state index contributed by atoms with van der Waals surface area (Å²) in [6.45, 7) is 3.38. The van der Waals surface area contributed by atoms with Crippen molar-refractivity contribution in [1.82, 2.24) is 15.4 Å². The van der Waals surface area contributed by atoms with Gasteiger partial charge in [0.2, 0.25) is 0 Å². The maximum Gasteiger partial charge on any atom is 0.326 e. The first-order valence-corrected chi connectivity index (χ1v) is 5.07. The van der Waals surface area contributed by atoms with E-state index in [0.717, 1.165) is 10.6 Å². The maximum absolute atomic E-state index is 11.6. The second-order valence-corrected chi connectivity index (χ2v) is 3.72. The first-order chi connectivity index (χ1) is 7.91. The van der Waals surface area contributed by atoms with Gasteiger partial charge in [0.1, 0.15) is 6.04 Å². The normalized spacial score (nSPS) is 11.9. The molecule has 0 saturated carbocycles. The van der Waals surface area contributed by atoms with Crippen molar-refractivity contribution in [2.45, 2.75) is 26.4 Å². The summed E-state index contributed by atoms with van der Waals surface area (Å²) in [5, 5.41) is 14.9. The number of carboxylic acid groups (broad SMARTS) is 1. The molecule has 1 unspecified atom stereocenters. The summed E-state index contributed by atoms with van der Waals surface area (Å²) in [4.78, 5) is 23.3. The number of carbonyl (C=O) groups is 2. The summed E-state index contributed by atoms with van der Waals surface area (Å²) in [6, 6.07) is 0.335. The van der Waals surface area contributed by atoms with Crippen LogP contribution in [0.1, 0.15) is 18.4 Å². The zero-order chi connectivity index (χ0) is 13.0. The predicted octanol–water partition coefficient (Wildman–Crippen LogP) is 0.598. The highest BCUT2D eigenvalue weighted by molar-refractivity contribution is 5.81. The van der Waals surface area contributed by atoms with Crippen LogP contribution in [0, 0.1) is 6.92 Å². The molecule has 0 fully saturated rings. The molecule has 1 atom stereocenters. The number of carboxylic acids is 1. The van der Waals surface area contributed by atoms with E-state index in [1.54, 1.807) is 13.0 Å². The van der Waals surface area contributed by atoms with Crippen LogP contribution in [-0.4, -0.2) is 40.3 Å². The molecule has 1 aromatic heterocycles. The molecule has 7 nitrogen and oxygen atoms in total. The van der Waals surface area contributed by atoms with Gasteiger partial charge in [-0.1, -0.05) is 5.16 Å². The van der Waals surface area contributed by atoms with Crippen molar-refractivity contribution < 1.29 is 19.2 Å². The molecule has 0 aliphatic carbocycles. The van der Waals surface area contributed by atoms with E-state index in [4.69, 9.17) is 9.63 Å². The Labute approximate surface area is 98.4 Å². The first kappa shape index (κ1) is 13.0. The molecule has 17 heavy (non-hydrogen) atoms. The van der Waals surface area contributed by atoms with Gasteiger partial charge >= 0.3 is 12.0 Å². The maximum atomic E-state index is 11.6. The van der Waals surface area contributed by atoms with Gasteiger partial charge in [0, 0.05) is 13.1 Å². The van der Waals surface area contributed by atoms with Crippen LogP contribution in [0.2, 0.25) is 0 Å². The van der Waals surface area contributed by atoms with Gasteiger partial charge in [0.05, 0.1) is 12.2 Å². The Hall–Kier alpha value is -2.05. The fraction of sp³-hybridized carbons (Fsp3) is 0.500. The molecule has 7 heteroatoms. The van der Waals surface area contributed by atoms with E-state index in [1.807, 2.05) is 0 Å². The Kier molecular flexibility index (Phi) is 4.08. The molecule has 0 aliphatic rings. The number of rotatable bonds is 4. The van der Waals surface area contributed by atoms with Crippen molar-refractivity contribution in [1.29, 1.82) is 0 Å². The molecule has 0 bridgehead atoms. The fourth-order valence-corrected chi connectivity index (χ4v) is 1.13. The van der Waals surface area contributed by atoms with Crippen molar-refractivity contribution in [2.24, 2.45) is 0 Å². The molecule has 1 rings (SSSR count). The van der Waals surface area contributed by atoms with Crippen LogP contribution in [0.25, 0.3) is 0 Å². The van der Waals surface area contributed by atoms with Crippen molar-refractivity contribution >= 4 is 12.0 Å². The predicted molar refractivity (Wildman–Crippen MR) is 58.3 cm³/mol. The van der Waals surface area contributed by atoms with E-state index in [2.05, 4.69) is 10.5 Å². The topological polar surface area (TPSA) is 95.7 Å². The van der Waals surface area contributed by atoms with Gasteiger partial charge in [0.15, 0.2) is 5.76 Å². The van der Waals surface area contributed by atoms with Crippen LogP contribution in [0.15, 0.2) is 10.6 Å². The summed E-state index contributed by atoms with van der Waals surface area (Å²) in [7, 11) is 1.42. The van der Waals surface area contributed by atoms with E-state index in [1.165, 1.54) is 14.0 Å². The first-order valence-electron chi connectivity index (χ1n) is 5.07. The molecule has 0 radical (unpaired) electrons. The molecule has 1 heterocycles. The molecular formula is C10H15N3O4. The lowest BCUT2D eigenvalue weighted by Gasteiger charge is -2.21. The number of nitrogens with one attached hydrogen (secondary N) is 1. The Morgan fingerprint density at radius 3 is 2.76 bits per heavy atom. The zero-order valence-corrected chi connectivity index (χ0v) is 9.93. The third kappa shape index (κ3) is 3.47. The minimum absolute atomic E-state index is 0.177. The number of aromatic nitrogens is 1. The molecule has 0 aromatic carbocycles. The van der Waals surface area contributed by atoms with Gasteiger partial charge in [-0.3, -0.25) is 0 Å². The summed E-state index contributed by atoms with van der Waals surface area (Å²) in [5.41, 5.74) is 0.724. The molecular weight excluding hydrogens is 226 g/mol. The number of aryl methyl sites for hydroxylation is 1. The number of aliphatic carboxylic acids is 1. The van der Waals surface area contributed by atoms with Gasteiger partial charge in [-0.2, -0.15) is 0 Å². The average molecular weight is 241 g/mol. The molecule has 2 amide bonds. The summed E-state index contributed by atoms with van der Waals surface area (Å²) in [5.74, 6) is -0.537. The second-order valence-electron chi connectivity index (χ2n) is 3.72. The average Bonchev–Trinajstić information content (AvgIpc) is 2.69. The highest BCUT2D eigenvalue weighted by Gasteiger charge is 2.21. The highest BCUT2D eigenvalue weighted by Crippen LogP contribution is 2.02. The Morgan fingerprint density at radius 1 is 1.65 bits per heavy atom. The summed E-state index contributed by atoms with van der Waals surface area (Å²) >= 11 is 0. The van der Waals surface area contributed by atoms with E-state index < -0.39 is 18.0 Å². The molecule has 0 aliphatic heterocycles. The van der Waals surface area contributed by atoms with Gasteiger partial charge in [-0.05, 0) is 13.8 Å². The number of carbonyl (C=O) groups excluding carboxylic acids is 1. The van der Waals surface area contributed by atoms with Crippen LogP contribution in [-0.2, 0) is 11.3 Å². The van der Waals surface area contributed by atoms with E-state index in [-0.39, 0.29) is 6.54 Å². The highest BCUT2D eigenvalue weighted by atomic mass is 16.5. The molecule has 1 aromatic rings. The lowest BCUT2D eigenvalue weighted by molar-refractivity contribution is -0.141. The second kappa shape index (κ2) is 5.33. The van der Waals surface area contributed by atoms with Crippen LogP contribution >= 0.6 is 0 Å². The number of amides is 2. The van der Waals surface area contributed by atoms with Gasteiger partial charge in [0.25, 0.3) is 0 Å². The lowest BCUT2D eigenvalue weighted by atomic mass is 10.3. The van der Waals surface area contributed by atoms with Crippen molar-refractivity contribution in [3.8, 4) is 0 Å². The monoisotopic (exact) mass is 241 g/mol. The third-order valence-electron chi connectivity index (χ3n) is 2.35. The van der Waals surface area contributed by atoms with E-state index >= 15 is 0 Å². The standard InChI is InChI=1S/C10H15N3O4/c1-6-4-8(17-12-6)5-11-10(16)13(3)7(2)9(14)15/h4,7H,5H2,1-3H3,(H,11,16)(H,14,15). The Morgan fingerprint density at radius 2 is 2.29 bits per heavy atom. The van der Waals surface area contributed by atoms with Crippen LogP contribution in [0.3, 0.4) is 0 Å². The van der Waals surface area contributed by atoms with E-state index in [9.17, 15) is 9.59 Å². The number of likely N-dealkylation sites (N-methyl/N-ethyl adjacent to an activating group) is 1. The number of nitrogens with zero attached hydrogens (tertiary/aromatic N) is 2. The summed E-state index contributed by atoms with van der Waals surface area (Å²) < 4.78 is 4.90. The minimum atomic E-state index is -1.06. The lowest BCUT2D eigenvalue weighted by Crippen LogP contribution is -2.45. The van der Waals surface area contributed by atoms with E-state index in [0.29, 0.717) is 5.76 Å². The van der Waals surface area contributed by atoms with Crippen LogP contribution in [0.4, 0.5) is 4.79 Å². The third-order valence-corrected chi connectivity index (χ3v) is 2.35. The molecule has 0 saturated heterocycles. The Bertz CT molecular complexity index is 415. The van der Waals surface area contributed by atoms with Crippen molar-refractivity contribution in [3.05, 3.63) is 17.5 Å². The minimum Gasteiger partial charge on any atom is -0.480 e. The number of hydrogen-bond acceptors (Lipinski definition) is 4. The molecule has 2 N–H and O–H groups in total. The Balaban J connectivity index is 2.47. The van der Waals surface area contributed by atoms with Gasteiger partial charge in [-0.15, -0.1) is 0 Å². The zero-order valence-electron chi connectivity index (χ0n) is 9.93. The number of hydrogen-bond donors (Lipinski definition) is 2.